The van der Waals surface area contributed by atoms with Gasteiger partial charge >= 0.3 is 0 Å². The molecule has 2 aliphatic rings. The number of likely N-dealkylation sites (tertiary alicyclic amines) is 1. The van der Waals surface area contributed by atoms with E-state index >= 15 is 0 Å². The fourth-order valence-corrected chi connectivity index (χ4v) is 4.12. The summed E-state index contributed by atoms with van der Waals surface area (Å²) in [5, 5.41) is 20.3. The maximum atomic E-state index is 13.6. The molecule has 0 unspecified atom stereocenters. The zero-order valence-electron chi connectivity index (χ0n) is 14.4. The number of halogens is 1. The van der Waals surface area contributed by atoms with E-state index in [2.05, 4.69) is 14.9 Å². The number of aliphatic hydroxyl groups is 1. The van der Waals surface area contributed by atoms with Gasteiger partial charge in [0.05, 0.1) is 11.8 Å². The SMILES string of the molecule is Oc1ccc(CCN2C[C@@H]3C[C@@H](Oc4cccnc4F)C[C@]3(O)C2)nc1. The number of hydrogen-bond acceptors (Lipinski definition) is 6. The minimum Gasteiger partial charge on any atom is -0.506 e. The number of nitrogens with zero attached hydrogens (tertiary/aromatic N) is 3. The van der Waals surface area contributed by atoms with Crippen molar-refractivity contribution in [2.45, 2.75) is 31.0 Å². The Morgan fingerprint density at radius 2 is 2.19 bits per heavy atom. The molecule has 1 saturated carbocycles. The summed E-state index contributed by atoms with van der Waals surface area (Å²) in [6, 6.07) is 6.65. The summed E-state index contributed by atoms with van der Waals surface area (Å²) >= 11 is 0. The van der Waals surface area contributed by atoms with Gasteiger partial charge in [-0.3, -0.25) is 9.88 Å². The second-order valence-corrected chi connectivity index (χ2v) is 7.27. The van der Waals surface area contributed by atoms with Crippen LogP contribution in [0, 0.1) is 11.9 Å². The van der Waals surface area contributed by atoms with Crippen LogP contribution in [-0.2, 0) is 6.42 Å². The van der Waals surface area contributed by atoms with Gasteiger partial charge in [-0.05, 0) is 30.7 Å². The number of fused-ring (bicyclic) bond motifs is 1. The molecule has 0 bridgehead atoms. The first-order chi connectivity index (χ1) is 12.5. The summed E-state index contributed by atoms with van der Waals surface area (Å²) in [7, 11) is 0. The lowest BCUT2D eigenvalue weighted by Gasteiger charge is -2.23. The molecule has 2 fully saturated rings. The third-order valence-corrected chi connectivity index (χ3v) is 5.38. The molecule has 138 valence electrons. The smallest absolute Gasteiger partial charge is 0.255 e. The topological polar surface area (TPSA) is 78.7 Å². The molecule has 6 nitrogen and oxygen atoms in total. The second kappa shape index (κ2) is 6.81. The maximum Gasteiger partial charge on any atom is 0.255 e. The van der Waals surface area contributed by atoms with Crippen LogP contribution in [0.3, 0.4) is 0 Å². The van der Waals surface area contributed by atoms with Crippen LogP contribution in [0.4, 0.5) is 4.39 Å². The monoisotopic (exact) mass is 359 g/mol. The number of aromatic hydroxyl groups is 1. The Bertz CT molecular complexity index is 773. The van der Waals surface area contributed by atoms with Gasteiger partial charge in [-0.15, -0.1) is 0 Å². The van der Waals surface area contributed by atoms with E-state index in [1.54, 1.807) is 18.2 Å². The third-order valence-electron chi connectivity index (χ3n) is 5.38. The van der Waals surface area contributed by atoms with Crippen LogP contribution in [0.2, 0.25) is 0 Å². The fraction of sp³-hybridized carbons (Fsp3) is 0.474. The van der Waals surface area contributed by atoms with Gasteiger partial charge in [0.1, 0.15) is 11.9 Å². The quantitative estimate of drug-likeness (QED) is 0.792. The van der Waals surface area contributed by atoms with Crippen molar-refractivity contribution < 1.29 is 19.3 Å². The van der Waals surface area contributed by atoms with Gasteiger partial charge in [0, 0.05) is 50.3 Å². The number of β-amino-alcohol motifs (C(OH)–C–C–N with tert-alkyl or cyclic N) is 1. The number of rotatable bonds is 5. The second-order valence-electron chi connectivity index (χ2n) is 7.27. The van der Waals surface area contributed by atoms with Crippen molar-refractivity contribution >= 4 is 0 Å². The molecule has 2 aromatic rings. The molecule has 0 radical (unpaired) electrons. The number of ether oxygens (including phenoxy) is 1. The van der Waals surface area contributed by atoms with Crippen molar-refractivity contribution in [2.24, 2.45) is 5.92 Å². The maximum absolute atomic E-state index is 13.6. The van der Waals surface area contributed by atoms with E-state index in [4.69, 9.17) is 4.74 Å². The number of hydrogen-bond donors (Lipinski definition) is 2. The lowest BCUT2D eigenvalue weighted by Crippen LogP contribution is -2.36. The molecule has 1 aliphatic carbocycles. The van der Waals surface area contributed by atoms with Crippen LogP contribution in [0.25, 0.3) is 0 Å². The molecular weight excluding hydrogens is 337 g/mol. The van der Waals surface area contributed by atoms with Crippen LogP contribution in [0.5, 0.6) is 11.5 Å². The van der Waals surface area contributed by atoms with E-state index < -0.39 is 11.5 Å². The molecule has 0 aromatic carbocycles. The molecule has 0 amide bonds. The van der Waals surface area contributed by atoms with Crippen molar-refractivity contribution in [2.75, 3.05) is 19.6 Å². The van der Waals surface area contributed by atoms with Crippen LogP contribution >= 0.6 is 0 Å². The predicted octanol–water partition coefficient (Wildman–Crippen LogP) is 1.77. The Kier molecular flexibility index (Phi) is 4.50. The van der Waals surface area contributed by atoms with Crippen molar-refractivity contribution in [3.05, 3.63) is 48.3 Å². The van der Waals surface area contributed by atoms with E-state index in [1.165, 1.54) is 12.4 Å². The minimum atomic E-state index is -0.786. The number of pyridine rings is 2. The van der Waals surface area contributed by atoms with Gasteiger partial charge < -0.3 is 14.9 Å². The average Bonchev–Trinajstić information content (AvgIpc) is 3.07. The summed E-state index contributed by atoms with van der Waals surface area (Å²) in [5.41, 5.74) is 0.131. The van der Waals surface area contributed by atoms with E-state index in [1.807, 2.05) is 6.07 Å². The van der Waals surface area contributed by atoms with Gasteiger partial charge in [0.25, 0.3) is 5.95 Å². The van der Waals surface area contributed by atoms with Crippen molar-refractivity contribution in [3.63, 3.8) is 0 Å². The highest BCUT2D eigenvalue weighted by molar-refractivity contribution is 5.20. The Hall–Kier alpha value is -2.25. The van der Waals surface area contributed by atoms with Gasteiger partial charge in [0.2, 0.25) is 0 Å². The summed E-state index contributed by atoms with van der Waals surface area (Å²) in [5.74, 6) is -0.175. The van der Waals surface area contributed by atoms with E-state index in [9.17, 15) is 14.6 Å². The van der Waals surface area contributed by atoms with Crippen molar-refractivity contribution in [1.82, 2.24) is 14.9 Å². The molecular formula is C19H22FN3O3. The molecule has 26 heavy (non-hydrogen) atoms. The van der Waals surface area contributed by atoms with E-state index in [0.29, 0.717) is 19.4 Å². The zero-order valence-corrected chi connectivity index (χ0v) is 14.4. The van der Waals surface area contributed by atoms with Gasteiger partial charge in [0.15, 0.2) is 5.75 Å². The van der Waals surface area contributed by atoms with Gasteiger partial charge in [-0.25, -0.2) is 4.98 Å². The molecule has 0 spiro atoms. The summed E-state index contributed by atoms with van der Waals surface area (Å²) in [6.45, 7) is 2.19. The Labute approximate surface area is 151 Å². The Balaban J connectivity index is 1.31. The normalized spacial score (nSPS) is 28.2. The molecule has 1 aliphatic heterocycles. The fourth-order valence-electron chi connectivity index (χ4n) is 4.12. The highest BCUT2D eigenvalue weighted by Gasteiger charge is 2.52. The Morgan fingerprint density at radius 1 is 1.31 bits per heavy atom. The first-order valence-corrected chi connectivity index (χ1v) is 8.88. The first kappa shape index (κ1) is 17.2. The van der Waals surface area contributed by atoms with E-state index in [-0.39, 0.29) is 23.5 Å². The lowest BCUT2D eigenvalue weighted by molar-refractivity contribution is 0.0217. The highest BCUT2D eigenvalue weighted by Crippen LogP contribution is 2.43. The molecule has 7 heteroatoms. The van der Waals surface area contributed by atoms with Crippen LogP contribution in [-0.4, -0.2) is 56.4 Å². The van der Waals surface area contributed by atoms with Crippen LogP contribution < -0.4 is 4.74 Å². The summed E-state index contributed by atoms with van der Waals surface area (Å²) < 4.78 is 19.4. The molecule has 2 aromatic heterocycles. The standard InChI is InChI=1S/C19H22FN3O3/c20-18-17(2-1-6-21-18)26-16-8-13-11-23(12-19(13,25)9-16)7-5-14-3-4-15(24)10-22-14/h1-4,6,10,13,16,24-25H,5,7-9,11-12H2/t13-,16+,19-/m0/s1. The van der Waals surface area contributed by atoms with Gasteiger partial charge in [-0.2, -0.15) is 4.39 Å². The van der Waals surface area contributed by atoms with Crippen molar-refractivity contribution in [1.29, 1.82) is 0 Å². The largest absolute Gasteiger partial charge is 0.506 e. The predicted molar refractivity (Wildman–Crippen MR) is 92.3 cm³/mol. The molecule has 4 rings (SSSR count). The molecule has 2 N–H and O–H groups in total. The molecule has 3 heterocycles. The van der Waals surface area contributed by atoms with Gasteiger partial charge in [-0.1, -0.05) is 0 Å². The summed E-state index contributed by atoms with van der Waals surface area (Å²) in [4.78, 5) is 10.0. The number of aromatic nitrogens is 2. The lowest BCUT2D eigenvalue weighted by atomic mass is 9.95. The third kappa shape index (κ3) is 3.50. The first-order valence-electron chi connectivity index (χ1n) is 8.88. The van der Waals surface area contributed by atoms with E-state index in [0.717, 1.165) is 25.2 Å². The average molecular weight is 359 g/mol. The zero-order chi connectivity index (χ0) is 18.1. The summed E-state index contributed by atoms with van der Waals surface area (Å²) in [6.07, 6.45) is 4.62. The van der Waals surface area contributed by atoms with Crippen molar-refractivity contribution in [3.8, 4) is 11.5 Å². The highest BCUT2D eigenvalue weighted by atomic mass is 19.1. The van der Waals surface area contributed by atoms with Crippen LogP contribution in [0.1, 0.15) is 18.5 Å². The Morgan fingerprint density at radius 3 is 2.92 bits per heavy atom. The molecule has 1 saturated heterocycles. The minimum absolute atomic E-state index is 0.125. The molecule has 3 atom stereocenters. The van der Waals surface area contributed by atoms with Crippen LogP contribution in [0.15, 0.2) is 36.7 Å².